The average molecular weight is 316 g/mol. The van der Waals surface area contributed by atoms with Gasteiger partial charge < -0.3 is 4.74 Å². The first kappa shape index (κ1) is 14.6. The van der Waals surface area contributed by atoms with Gasteiger partial charge in [0.05, 0.1) is 29.5 Å². The zero-order valence-electron chi connectivity index (χ0n) is 13.8. The van der Waals surface area contributed by atoms with Gasteiger partial charge in [-0.25, -0.2) is 14.8 Å². The first-order chi connectivity index (χ1) is 11.6. The van der Waals surface area contributed by atoms with Gasteiger partial charge in [0, 0.05) is 17.2 Å². The summed E-state index contributed by atoms with van der Waals surface area (Å²) >= 11 is 0. The lowest BCUT2D eigenvalue weighted by Crippen LogP contribution is -1.98. The summed E-state index contributed by atoms with van der Waals surface area (Å²) in [7, 11) is 1.37. The van der Waals surface area contributed by atoms with Crippen LogP contribution < -0.4 is 0 Å². The molecule has 4 nitrogen and oxygen atoms in total. The minimum absolute atomic E-state index is 0.394. The molecule has 4 rings (SSSR count). The highest BCUT2D eigenvalue weighted by Crippen LogP contribution is 2.42. The molecule has 4 heteroatoms. The van der Waals surface area contributed by atoms with Gasteiger partial charge in [-0.05, 0) is 42.7 Å². The van der Waals surface area contributed by atoms with E-state index in [1.165, 1.54) is 24.3 Å². The smallest absolute Gasteiger partial charge is 0.331 e. The second-order valence-corrected chi connectivity index (χ2v) is 5.97. The summed E-state index contributed by atoms with van der Waals surface area (Å²) in [6.07, 6.45) is 1.49. The van der Waals surface area contributed by atoms with Crippen LogP contribution in [0.4, 0.5) is 0 Å². The molecule has 3 aromatic rings. The summed E-state index contributed by atoms with van der Waals surface area (Å²) in [5, 5.41) is 0. The van der Waals surface area contributed by atoms with Crippen molar-refractivity contribution < 1.29 is 9.53 Å². The monoisotopic (exact) mass is 316 g/mol. The molecule has 24 heavy (non-hydrogen) atoms. The Morgan fingerprint density at radius 1 is 0.958 bits per heavy atom. The van der Waals surface area contributed by atoms with Gasteiger partial charge in [0.2, 0.25) is 0 Å². The summed E-state index contributed by atoms with van der Waals surface area (Å²) in [4.78, 5) is 21.4. The molecular formula is C20H16N2O2. The van der Waals surface area contributed by atoms with Crippen molar-refractivity contribution in [2.75, 3.05) is 7.11 Å². The summed E-state index contributed by atoms with van der Waals surface area (Å²) in [6, 6.07) is 12.0. The molecule has 0 aliphatic heterocycles. The number of esters is 1. The third-order valence-electron chi connectivity index (χ3n) is 4.47. The number of aromatic nitrogens is 2. The topological polar surface area (TPSA) is 52.1 Å². The number of carbonyl (C=O) groups is 1. The van der Waals surface area contributed by atoms with E-state index in [4.69, 9.17) is 14.7 Å². The number of aryl methyl sites for hydroxylation is 2. The van der Waals surface area contributed by atoms with Gasteiger partial charge in [0.25, 0.3) is 0 Å². The van der Waals surface area contributed by atoms with Crippen molar-refractivity contribution in [3.63, 3.8) is 0 Å². The number of hydrogen-bond acceptors (Lipinski definition) is 4. The molecule has 0 amide bonds. The van der Waals surface area contributed by atoms with Gasteiger partial charge in [-0.1, -0.05) is 24.3 Å². The maximum Gasteiger partial charge on any atom is 0.331 e. The van der Waals surface area contributed by atoms with Gasteiger partial charge >= 0.3 is 5.97 Å². The zero-order valence-corrected chi connectivity index (χ0v) is 13.8. The minimum Gasteiger partial charge on any atom is -0.466 e. The highest BCUT2D eigenvalue weighted by molar-refractivity contribution is 6.06. The average Bonchev–Trinajstić information content (AvgIpc) is 2.87. The van der Waals surface area contributed by atoms with E-state index < -0.39 is 5.97 Å². The second-order valence-electron chi connectivity index (χ2n) is 5.97. The molecule has 2 aromatic carbocycles. The summed E-state index contributed by atoms with van der Waals surface area (Å²) in [5.41, 5.74) is 8.33. The van der Waals surface area contributed by atoms with Gasteiger partial charge in [-0.3, -0.25) is 0 Å². The van der Waals surface area contributed by atoms with Crippen molar-refractivity contribution in [1.82, 2.24) is 9.97 Å². The first-order valence-corrected chi connectivity index (χ1v) is 7.77. The molecule has 1 aliphatic carbocycles. The van der Waals surface area contributed by atoms with E-state index in [-0.39, 0.29) is 0 Å². The molecule has 0 radical (unpaired) electrons. The molecule has 0 N–H and O–H groups in total. The van der Waals surface area contributed by atoms with Crippen LogP contribution >= 0.6 is 0 Å². The number of fused-ring (bicyclic) bond motifs is 4. The number of nitrogens with zero attached hydrogens (tertiary/aromatic N) is 2. The Bertz CT molecular complexity index is 1040. The molecule has 0 saturated carbocycles. The van der Waals surface area contributed by atoms with E-state index in [0.29, 0.717) is 0 Å². The Hall–Kier alpha value is -3.01. The van der Waals surface area contributed by atoms with Crippen molar-refractivity contribution in [3.8, 4) is 11.3 Å². The molecule has 1 aliphatic rings. The molecule has 0 fully saturated rings. The fourth-order valence-corrected chi connectivity index (χ4v) is 3.06. The largest absolute Gasteiger partial charge is 0.466 e. The van der Waals surface area contributed by atoms with Crippen LogP contribution in [0.2, 0.25) is 0 Å². The van der Waals surface area contributed by atoms with Gasteiger partial charge in [0.15, 0.2) is 0 Å². The fraction of sp³-hybridized carbons (Fsp3) is 0.150. The number of methoxy groups -OCH3 is 1. The van der Waals surface area contributed by atoms with Crippen LogP contribution in [0, 0.1) is 13.8 Å². The molecule has 0 bridgehead atoms. The van der Waals surface area contributed by atoms with E-state index in [1.807, 2.05) is 30.3 Å². The Morgan fingerprint density at radius 3 is 2.17 bits per heavy atom. The van der Waals surface area contributed by atoms with Crippen molar-refractivity contribution in [1.29, 1.82) is 0 Å². The molecule has 1 heterocycles. The SMILES string of the molecule is COC(=O)/C=C1/c2ccccc2-c2nc3cc(C)c(C)cc3nc21. The van der Waals surface area contributed by atoms with Crippen LogP contribution in [0.3, 0.4) is 0 Å². The molecule has 118 valence electrons. The summed E-state index contributed by atoms with van der Waals surface area (Å²) in [5.74, 6) is -0.394. The summed E-state index contributed by atoms with van der Waals surface area (Å²) < 4.78 is 4.80. The zero-order chi connectivity index (χ0) is 16.8. The normalized spacial score (nSPS) is 13.9. The number of hydrogen-bond donors (Lipinski definition) is 0. The van der Waals surface area contributed by atoms with Crippen molar-refractivity contribution in [3.05, 3.63) is 64.9 Å². The standard InChI is InChI=1S/C20H16N2O2/c1-11-8-16-17(9-12(11)2)22-20-15(10-18(23)24-3)13-6-4-5-7-14(13)19(20)21-16/h4-10H,1-3H3/b15-10-. The van der Waals surface area contributed by atoms with Crippen LogP contribution in [-0.4, -0.2) is 23.0 Å². The number of benzene rings is 2. The minimum atomic E-state index is -0.394. The van der Waals surface area contributed by atoms with E-state index in [1.54, 1.807) is 0 Å². The molecular weight excluding hydrogens is 300 g/mol. The number of carbonyl (C=O) groups excluding carboxylic acids is 1. The highest BCUT2D eigenvalue weighted by atomic mass is 16.5. The predicted octanol–water partition coefficient (Wildman–Crippen LogP) is 3.83. The fourth-order valence-electron chi connectivity index (χ4n) is 3.06. The Balaban J connectivity index is 2.05. The highest BCUT2D eigenvalue weighted by Gasteiger charge is 2.27. The molecule has 1 aromatic heterocycles. The lowest BCUT2D eigenvalue weighted by molar-refractivity contribution is -0.134. The Kier molecular flexibility index (Phi) is 3.20. The van der Waals surface area contributed by atoms with Gasteiger partial charge in [0.1, 0.15) is 0 Å². The maximum atomic E-state index is 11.8. The predicted molar refractivity (Wildman–Crippen MR) is 93.5 cm³/mol. The van der Waals surface area contributed by atoms with Crippen LogP contribution in [0.15, 0.2) is 42.5 Å². The summed E-state index contributed by atoms with van der Waals surface area (Å²) in [6.45, 7) is 4.13. The van der Waals surface area contributed by atoms with Gasteiger partial charge in [-0.15, -0.1) is 0 Å². The Morgan fingerprint density at radius 2 is 1.54 bits per heavy atom. The van der Waals surface area contributed by atoms with E-state index in [0.717, 1.165) is 39.1 Å². The van der Waals surface area contributed by atoms with E-state index in [9.17, 15) is 4.79 Å². The van der Waals surface area contributed by atoms with Crippen LogP contribution in [-0.2, 0) is 9.53 Å². The van der Waals surface area contributed by atoms with E-state index in [2.05, 4.69) is 19.9 Å². The second kappa shape index (κ2) is 5.27. The van der Waals surface area contributed by atoms with Crippen LogP contribution in [0.5, 0.6) is 0 Å². The lowest BCUT2D eigenvalue weighted by atomic mass is 10.1. The third kappa shape index (κ3) is 2.11. The van der Waals surface area contributed by atoms with Crippen molar-refractivity contribution in [2.45, 2.75) is 13.8 Å². The molecule has 0 unspecified atom stereocenters. The number of rotatable bonds is 1. The third-order valence-corrected chi connectivity index (χ3v) is 4.47. The van der Waals surface area contributed by atoms with Crippen molar-refractivity contribution in [2.24, 2.45) is 0 Å². The first-order valence-electron chi connectivity index (χ1n) is 7.77. The quantitative estimate of drug-likeness (QED) is 0.395. The Labute approximate surface area is 139 Å². The van der Waals surface area contributed by atoms with E-state index >= 15 is 0 Å². The molecule has 0 saturated heterocycles. The van der Waals surface area contributed by atoms with Crippen molar-refractivity contribution >= 4 is 22.6 Å². The molecule has 0 spiro atoms. The van der Waals surface area contributed by atoms with Crippen LogP contribution in [0.1, 0.15) is 22.4 Å². The molecule has 0 atom stereocenters. The maximum absolute atomic E-state index is 11.8. The van der Waals surface area contributed by atoms with Crippen LogP contribution in [0.25, 0.3) is 27.9 Å². The lowest BCUT2D eigenvalue weighted by Gasteiger charge is -2.06. The van der Waals surface area contributed by atoms with Gasteiger partial charge in [-0.2, -0.15) is 0 Å². The number of ether oxygens (including phenoxy) is 1.